The molecule has 2 aromatic rings. The number of hydrogen-bond donors (Lipinski definition) is 1. The number of nitrogens with zero attached hydrogens (tertiary/aromatic N) is 1. The van der Waals surface area contributed by atoms with Gasteiger partial charge in [-0.1, -0.05) is 44.2 Å². The van der Waals surface area contributed by atoms with Crippen LogP contribution in [0.5, 0.6) is 5.75 Å². The summed E-state index contributed by atoms with van der Waals surface area (Å²) >= 11 is 0. The number of benzene rings is 2. The van der Waals surface area contributed by atoms with E-state index in [0.29, 0.717) is 25.4 Å². The minimum atomic E-state index is -0.560. The number of anilines is 1. The van der Waals surface area contributed by atoms with E-state index < -0.39 is 11.0 Å². The lowest BCUT2D eigenvalue weighted by Crippen LogP contribution is -2.34. The Labute approximate surface area is 248 Å². The average Bonchev–Trinajstić information content (AvgIpc) is 2.91. The Kier molecular flexibility index (Phi) is 11.7. The highest BCUT2D eigenvalue weighted by Crippen LogP contribution is 2.32. The van der Waals surface area contributed by atoms with Crippen LogP contribution < -0.4 is 15.0 Å². The van der Waals surface area contributed by atoms with Gasteiger partial charge >= 0.3 is 5.97 Å². The first-order valence-electron chi connectivity index (χ1n) is 15.4. The van der Waals surface area contributed by atoms with Crippen molar-refractivity contribution in [2.75, 3.05) is 24.6 Å². The number of carbonyl (C=O) groups excluding carboxylic acids is 2. The third-order valence-electron chi connectivity index (χ3n) is 7.51. The van der Waals surface area contributed by atoms with Gasteiger partial charge in [0.2, 0.25) is 5.91 Å². The topological polar surface area (TPSA) is 67.9 Å². The van der Waals surface area contributed by atoms with Crippen LogP contribution in [0, 0.1) is 11.3 Å². The fraction of sp³-hybridized carbons (Fsp3) is 0.600. The Bertz CT molecular complexity index is 1110. The van der Waals surface area contributed by atoms with Crippen molar-refractivity contribution in [3.05, 3.63) is 59.7 Å². The highest BCUT2D eigenvalue weighted by Gasteiger charge is 2.32. The predicted octanol–water partition coefficient (Wildman–Crippen LogP) is 7.65. The SMILES string of the molecule is CC(C)CC(NC(=O)Cc1ccc(OCCCC(C)(C)C(=O)OC(C)(C)C)cc1)c1ccccc1N1CCCCC1. The van der Waals surface area contributed by atoms with Crippen molar-refractivity contribution in [1.82, 2.24) is 5.32 Å². The highest BCUT2D eigenvalue weighted by atomic mass is 16.6. The molecule has 1 amide bonds. The van der Waals surface area contributed by atoms with Crippen molar-refractivity contribution in [2.45, 2.75) is 105 Å². The van der Waals surface area contributed by atoms with Gasteiger partial charge in [-0.2, -0.15) is 0 Å². The second-order valence-corrected chi connectivity index (χ2v) is 13.5. The third-order valence-corrected chi connectivity index (χ3v) is 7.51. The fourth-order valence-electron chi connectivity index (χ4n) is 5.30. The molecule has 0 spiro atoms. The zero-order chi connectivity index (χ0) is 30.0. The van der Waals surface area contributed by atoms with E-state index in [1.807, 2.05) is 58.9 Å². The van der Waals surface area contributed by atoms with Gasteiger partial charge in [0.05, 0.1) is 24.5 Å². The molecule has 1 aliphatic heterocycles. The normalized spacial score (nSPS) is 15.0. The van der Waals surface area contributed by atoms with Gasteiger partial charge in [-0.15, -0.1) is 0 Å². The summed E-state index contributed by atoms with van der Waals surface area (Å²) in [5, 5.41) is 3.35. The van der Waals surface area contributed by atoms with Gasteiger partial charge in [-0.05, 0) is 108 Å². The first kappa shape index (κ1) is 32.5. The van der Waals surface area contributed by atoms with Crippen LogP contribution in [0.2, 0.25) is 0 Å². The van der Waals surface area contributed by atoms with Crippen LogP contribution in [0.25, 0.3) is 0 Å². The molecular formula is C35H52N2O4. The molecule has 41 heavy (non-hydrogen) atoms. The molecule has 1 N–H and O–H groups in total. The predicted molar refractivity (Wildman–Crippen MR) is 167 cm³/mol. The van der Waals surface area contributed by atoms with Gasteiger partial charge in [-0.3, -0.25) is 9.59 Å². The van der Waals surface area contributed by atoms with Crippen molar-refractivity contribution in [3.8, 4) is 5.75 Å². The van der Waals surface area contributed by atoms with Gasteiger partial charge in [-0.25, -0.2) is 0 Å². The molecule has 0 radical (unpaired) electrons. The van der Waals surface area contributed by atoms with Crippen LogP contribution in [0.15, 0.2) is 48.5 Å². The number of nitrogens with one attached hydrogen (secondary N) is 1. The summed E-state index contributed by atoms with van der Waals surface area (Å²) in [4.78, 5) is 28.1. The minimum Gasteiger partial charge on any atom is -0.494 e. The molecule has 0 aromatic heterocycles. The van der Waals surface area contributed by atoms with Crippen LogP contribution in [-0.2, 0) is 20.7 Å². The number of piperidine rings is 1. The van der Waals surface area contributed by atoms with Crippen LogP contribution >= 0.6 is 0 Å². The molecule has 1 unspecified atom stereocenters. The van der Waals surface area contributed by atoms with Crippen molar-refractivity contribution in [2.24, 2.45) is 11.3 Å². The maximum absolute atomic E-state index is 13.2. The van der Waals surface area contributed by atoms with E-state index >= 15 is 0 Å². The number of esters is 1. The van der Waals surface area contributed by atoms with E-state index in [2.05, 4.69) is 48.3 Å². The number of rotatable bonds is 13. The summed E-state index contributed by atoms with van der Waals surface area (Å²) in [5.74, 6) is 1.07. The van der Waals surface area contributed by atoms with E-state index in [1.165, 1.54) is 30.5 Å². The Morgan fingerprint density at radius 3 is 2.22 bits per heavy atom. The molecule has 1 aliphatic rings. The van der Waals surface area contributed by atoms with E-state index in [4.69, 9.17) is 9.47 Å². The van der Waals surface area contributed by atoms with Crippen LogP contribution in [0.1, 0.15) is 104 Å². The molecular weight excluding hydrogens is 512 g/mol. The lowest BCUT2D eigenvalue weighted by molar-refractivity contribution is -0.166. The van der Waals surface area contributed by atoms with Crippen LogP contribution in [-0.4, -0.2) is 37.2 Å². The van der Waals surface area contributed by atoms with E-state index in [0.717, 1.165) is 37.2 Å². The van der Waals surface area contributed by atoms with Gasteiger partial charge in [0, 0.05) is 18.8 Å². The van der Waals surface area contributed by atoms with Crippen molar-refractivity contribution in [1.29, 1.82) is 0 Å². The largest absolute Gasteiger partial charge is 0.494 e. The number of ether oxygens (including phenoxy) is 2. The molecule has 1 atom stereocenters. The molecule has 0 bridgehead atoms. The van der Waals surface area contributed by atoms with Gasteiger partial charge < -0.3 is 19.7 Å². The number of carbonyl (C=O) groups is 2. The average molecular weight is 565 g/mol. The summed E-state index contributed by atoms with van der Waals surface area (Å²) in [6.07, 6.45) is 6.38. The van der Waals surface area contributed by atoms with Crippen molar-refractivity contribution < 1.29 is 19.1 Å². The fourth-order valence-corrected chi connectivity index (χ4v) is 5.30. The molecule has 3 rings (SSSR count). The number of para-hydroxylation sites is 1. The second kappa shape index (κ2) is 14.7. The Morgan fingerprint density at radius 2 is 1.59 bits per heavy atom. The molecule has 1 fully saturated rings. The smallest absolute Gasteiger partial charge is 0.312 e. The van der Waals surface area contributed by atoms with Gasteiger partial charge in [0.15, 0.2) is 0 Å². The maximum Gasteiger partial charge on any atom is 0.312 e. The van der Waals surface area contributed by atoms with E-state index in [9.17, 15) is 9.59 Å². The maximum atomic E-state index is 13.2. The van der Waals surface area contributed by atoms with Gasteiger partial charge in [0.25, 0.3) is 0 Å². The molecule has 0 aliphatic carbocycles. The molecule has 0 saturated carbocycles. The van der Waals surface area contributed by atoms with Crippen LogP contribution in [0.4, 0.5) is 5.69 Å². The zero-order valence-corrected chi connectivity index (χ0v) is 26.4. The van der Waals surface area contributed by atoms with Crippen molar-refractivity contribution >= 4 is 17.6 Å². The quantitative estimate of drug-likeness (QED) is 0.200. The molecule has 6 nitrogen and oxygen atoms in total. The van der Waals surface area contributed by atoms with Crippen molar-refractivity contribution in [3.63, 3.8) is 0 Å². The molecule has 2 aromatic carbocycles. The first-order chi connectivity index (χ1) is 19.3. The summed E-state index contributed by atoms with van der Waals surface area (Å²) in [7, 11) is 0. The zero-order valence-electron chi connectivity index (χ0n) is 26.4. The number of hydrogen-bond acceptors (Lipinski definition) is 5. The lowest BCUT2D eigenvalue weighted by Gasteiger charge is -2.33. The van der Waals surface area contributed by atoms with E-state index in [-0.39, 0.29) is 17.9 Å². The monoisotopic (exact) mass is 564 g/mol. The molecule has 1 heterocycles. The summed E-state index contributed by atoms with van der Waals surface area (Å²) in [5.41, 5.74) is 2.38. The first-order valence-corrected chi connectivity index (χ1v) is 15.4. The standard InChI is InChI=1S/C35H52N2O4/c1-26(2)24-30(29-14-9-10-15-31(29)37-21-11-8-12-22-37)36-32(38)25-27-16-18-28(19-17-27)40-23-13-20-35(6,7)33(39)41-34(3,4)5/h9-10,14-19,26,30H,8,11-13,20-25H2,1-7H3,(H,36,38). The Hall–Kier alpha value is -3.02. The Balaban J connectivity index is 1.53. The van der Waals surface area contributed by atoms with Gasteiger partial charge in [0.1, 0.15) is 11.4 Å². The van der Waals surface area contributed by atoms with Crippen LogP contribution in [0.3, 0.4) is 0 Å². The van der Waals surface area contributed by atoms with E-state index in [1.54, 1.807) is 0 Å². The molecule has 1 saturated heterocycles. The molecule has 6 heteroatoms. The minimum absolute atomic E-state index is 0.0202. The third kappa shape index (κ3) is 10.7. The lowest BCUT2D eigenvalue weighted by atomic mass is 9.88. The summed E-state index contributed by atoms with van der Waals surface area (Å²) < 4.78 is 11.5. The summed E-state index contributed by atoms with van der Waals surface area (Å²) in [6.45, 7) is 16.6. The Morgan fingerprint density at radius 1 is 0.927 bits per heavy atom. The highest BCUT2D eigenvalue weighted by molar-refractivity contribution is 5.79. The molecule has 226 valence electrons. The second-order valence-electron chi connectivity index (χ2n) is 13.5. The number of amides is 1. The summed E-state index contributed by atoms with van der Waals surface area (Å²) in [6, 6.07) is 16.3.